The summed E-state index contributed by atoms with van der Waals surface area (Å²) >= 11 is 0. The molecule has 7 N–H and O–H groups in total. The monoisotopic (exact) mass is 487 g/mol. The maximum atomic E-state index is 12.2. The number of nitrogens with two attached hydrogens (primary N) is 3. The van der Waals surface area contributed by atoms with E-state index in [1.54, 1.807) is 0 Å². The maximum absolute atomic E-state index is 12.2. The smallest absolute Gasteiger partial charge is 0.416 e. The topological polar surface area (TPSA) is 132 Å². The molecule has 1 aliphatic rings. The molecule has 0 heterocycles. The highest BCUT2D eigenvalue weighted by molar-refractivity contribution is 5.75. The predicted molar refractivity (Wildman–Crippen MR) is 111 cm³/mol. The van der Waals surface area contributed by atoms with Crippen LogP contribution < -0.4 is 17.2 Å². The van der Waals surface area contributed by atoms with Crippen molar-refractivity contribution in [1.29, 1.82) is 0 Å². The molecule has 2 rings (SSSR count). The molecule has 1 aromatic rings. The molecule has 1 fully saturated rings. The molecule has 12 heteroatoms. The Morgan fingerprint density at radius 3 is 1.79 bits per heavy atom. The Hall–Kier alpha value is -2.18. The fourth-order valence-electron chi connectivity index (χ4n) is 2.81. The van der Waals surface area contributed by atoms with Crippen LogP contribution in [0.25, 0.3) is 0 Å². The number of carbonyl (C=O) groups is 2. The van der Waals surface area contributed by atoms with E-state index in [1.165, 1.54) is 32.1 Å². The van der Waals surface area contributed by atoms with Gasteiger partial charge in [0.25, 0.3) is 0 Å². The van der Waals surface area contributed by atoms with Gasteiger partial charge in [0.15, 0.2) is 0 Å². The molecule has 0 spiro atoms. The van der Waals surface area contributed by atoms with Crippen molar-refractivity contribution >= 4 is 12.3 Å². The van der Waals surface area contributed by atoms with Crippen molar-refractivity contribution in [3.05, 3.63) is 34.9 Å². The van der Waals surface area contributed by atoms with Gasteiger partial charge >= 0.3 is 18.3 Å². The maximum Gasteiger partial charge on any atom is 0.416 e. The first-order valence-electron chi connectivity index (χ1n) is 10.4. The SMILES string of the molecule is NC1CCCCC1.NCCCCC(N)C(=O)O.O=Cc1cc(C(F)(F)F)cc(C(F)(F)F)c1. The first-order valence-corrected chi connectivity index (χ1v) is 10.4. The van der Waals surface area contributed by atoms with Crippen LogP contribution in [0, 0.1) is 0 Å². The van der Waals surface area contributed by atoms with Crippen LogP contribution in [0.5, 0.6) is 0 Å². The minimum atomic E-state index is -4.92. The number of carboxylic acids is 1. The average molecular weight is 487 g/mol. The zero-order chi connectivity index (χ0) is 25.7. The van der Waals surface area contributed by atoms with Gasteiger partial charge in [-0.2, -0.15) is 26.3 Å². The quantitative estimate of drug-likeness (QED) is 0.268. The number of hydrogen-bond donors (Lipinski definition) is 4. The van der Waals surface area contributed by atoms with Gasteiger partial charge in [-0.15, -0.1) is 0 Å². The number of hydrogen-bond acceptors (Lipinski definition) is 5. The number of rotatable bonds is 6. The van der Waals surface area contributed by atoms with Crippen LogP contribution in [0.4, 0.5) is 26.3 Å². The van der Waals surface area contributed by atoms with Crippen LogP contribution in [-0.2, 0) is 17.1 Å². The lowest BCUT2D eigenvalue weighted by atomic mass is 9.97. The molecule has 1 aromatic carbocycles. The van der Waals surface area contributed by atoms with Gasteiger partial charge in [-0.1, -0.05) is 25.7 Å². The van der Waals surface area contributed by atoms with Crippen molar-refractivity contribution in [2.24, 2.45) is 17.2 Å². The van der Waals surface area contributed by atoms with Gasteiger partial charge in [0.05, 0.1) is 11.1 Å². The van der Waals surface area contributed by atoms with Gasteiger partial charge in [-0.25, -0.2) is 0 Å². The standard InChI is InChI=1S/C9H4F6O.C6H14N2O2.C6H13N/c10-8(11,12)6-1-5(4-16)2-7(3-6)9(13,14)15;7-4-2-1-3-5(8)6(9)10;7-6-4-2-1-3-5-6/h1-4H;5H,1-4,7-8H2,(H,9,10);6H,1-5,7H2. The summed E-state index contributed by atoms with van der Waals surface area (Å²) in [6.45, 7) is 0.604. The normalized spacial score (nSPS) is 15.4. The number of aliphatic carboxylic acids is 1. The second-order valence-corrected chi connectivity index (χ2v) is 7.58. The highest BCUT2D eigenvalue weighted by Crippen LogP contribution is 2.35. The van der Waals surface area contributed by atoms with Crippen molar-refractivity contribution in [3.63, 3.8) is 0 Å². The van der Waals surface area contributed by atoms with Gasteiger partial charge in [0.2, 0.25) is 0 Å². The summed E-state index contributed by atoms with van der Waals surface area (Å²) in [6.07, 6.45) is -1.07. The fraction of sp³-hybridized carbons (Fsp3) is 0.619. The zero-order valence-corrected chi connectivity index (χ0v) is 18.1. The first-order chi connectivity index (χ1) is 15.2. The third-order valence-electron chi connectivity index (χ3n) is 4.68. The first kappa shape index (κ1) is 30.8. The molecule has 190 valence electrons. The molecule has 1 unspecified atom stereocenters. The molecular weight excluding hydrogens is 456 g/mol. The Morgan fingerprint density at radius 1 is 1.00 bits per heavy atom. The van der Waals surface area contributed by atoms with Crippen LogP contribution in [0.2, 0.25) is 0 Å². The minimum Gasteiger partial charge on any atom is -0.480 e. The van der Waals surface area contributed by atoms with Crippen LogP contribution >= 0.6 is 0 Å². The molecule has 0 bridgehead atoms. The Kier molecular flexibility index (Phi) is 13.9. The lowest BCUT2D eigenvalue weighted by Gasteiger charge is -2.15. The van der Waals surface area contributed by atoms with E-state index < -0.39 is 41.1 Å². The van der Waals surface area contributed by atoms with Crippen LogP contribution in [0.15, 0.2) is 18.2 Å². The summed E-state index contributed by atoms with van der Waals surface area (Å²) in [5, 5.41) is 8.33. The highest BCUT2D eigenvalue weighted by Gasteiger charge is 2.36. The Morgan fingerprint density at radius 2 is 1.48 bits per heavy atom. The fourth-order valence-corrected chi connectivity index (χ4v) is 2.81. The lowest BCUT2D eigenvalue weighted by Crippen LogP contribution is -2.29. The largest absolute Gasteiger partial charge is 0.480 e. The van der Waals surface area contributed by atoms with E-state index in [0.29, 0.717) is 31.1 Å². The van der Waals surface area contributed by atoms with Gasteiger partial charge in [0, 0.05) is 11.6 Å². The third kappa shape index (κ3) is 13.9. The van der Waals surface area contributed by atoms with Crippen LogP contribution in [0.3, 0.4) is 0 Å². The number of alkyl halides is 6. The minimum absolute atomic E-state index is 0.0347. The number of aldehydes is 1. The second-order valence-electron chi connectivity index (χ2n) is 7.58. The molecule has 0 saturated heterocycles. The number of halogens is 6. The van der Waals surface area contributed by atoms with E-state index in [0.717, 1.165) is 12.8 Å². The van der Waals surface area contributed by atoms with E-state index >= 15 is 0 Å². The molecular formula is C21H31F6N3O3. The van der Waals surface area contributed by atoms with E-state index in [4.69, 9.17) is 22.3 Å². The van der Waals surface area contributed by atoms with E-state index in [9.17, 15) is 35.9 Å². The summed E-state index contributed by atoms with van der Waals surface area (Å²) < 4.78 is 73.1. The average Bonchev–Trinajstić information content (AvgIpc) is 2.73. The van der Waals surface area contributed by atoms with Crippen molar-refractivity contribution in [1.82, 2.24) is 0 Å². The summed E-state index contributed by atoms with van der Waals surface area (Å²) in [6, 6.07) is 0.512. The van der Waals surface area contributed by atoms with Crippen molar-refractivity contribution in [2.75, 3.05) is 6.54 Å². The van der Waals surface area contributed by atoms with Gasteiger partial charge in [0.1, 0.15) is 12.3 Å². The Bertz CT molecular complexity index is 688. The molecule has 0 aliphatic heterocycles. The molecule has 0 radical (unpaired) electrons. The second kappa shape index (κ2) is 14.9. The molecule has 1 saturated carbocycles. The van der Waals surface area contributed by atoms with Gasteiger partial charge in [-0.3, -0.25) is 9.59 Å². The van der Waals surface area contributed by atoms with E-state index in [2.05, 4.69) is 0 Å². The summed E-state index contributed by atoms with van der Waals surface area (Å²) in [7, 11) is 0. The number of carboxylic acid groups (broad SMARTS) is 1. The van der Waals surface area contributed by atoms with Crippen molar-refractivity contribution < 1.29 is 41.0 Å². The molecule has 1 atom stereocenters. The Labute approximate surface area is 188 Å². The predicted octanol–water partition coefficient (Wildman–Crippen LogP) is 4.34. The number of unbranched alkanes of at least 4 members (excludes halogenated alkanes) is 1. The number of benzene rings is 1. The molecule has 0 aromatic heterocycles. The van der Waals surface area contributed by atoms with Crippen molar-refractivity contribution in [2.45, 2.75) is 75.8 Å². The lowest BCUT2D eigenvalue weighted by molar-refractivity contribution is -0.143. The van der Waals surface area contributed by atoms with E-state index in [-0.39, 0.29) is 12.4 Å². The number of carbonyl (C=O) groups excluding carboxylic acids is 1. The van der Waals surface area contributed by atoms with Gasteiger partial charge in [-0.05, 0) is 50.4 Å². The van der Waals surface area contributed by atoms with Gasteiger partial charge < -0.3 is 22.3 Å². The van der Waals surface area contributed by atoms with Crippen LogP contribution in [-0.4, -0.2) is 36.0 Å². The summed E-state index contributed by atoms with van der Waals surface area (Å²) in [5.74, 6) is -0.933. The molecule has 1 aliphatic carbocycles. The summed E-state index contributed by atoms with van der Waals surface area (Å²) in [4.78, 5) is 20.4. The van der Waals surface area contributed by atoms with Crippen LogP contribution in [0.1, 0.15) is 72.9 Å². The zero-order valence-electron chi connectivity index (χ0n) is 18.1. The molecule has 0 amide bonds. The van der Waals surface area contributed by atoms with E-state index in [1.807, 2.05) is 0 Å². The summed E-state index contributed by atoms with van der Waals surface area (Å²) in [5.41, 5.74) is 12.4. The molecule has 33 heavy (non-hydrogen) atoms. The Balaban J connectivity index is 0.000000513. The highest BCUT2D eigenvalue weighted by atomic mass is 19.4. The third-order valence-corrected chi connectivity index (χ3v) is 4.68. The van der Waals surface area contributed by atoms with Crippen molar-refractivity contribution in [3.8, 4) is 0 Å². The molecule has 6 nitrogen and oxygen atoms in total.